The van der Waals surface area contributed by atoms with E-state index in [-0.39, 0.29) is 24.0 Å². The molecule has 0 aromatic carbocycles. The molecule has 0 aromatic heterocycles. The second-order valence-corrected chi connectivity index (χ2v) is 5.68. The van der Waals surface area contributed by atoms with E-state index in [0.29, 0.717) is 6.10 Å². The lowest BCUT2D eigenvalue weighted by Gasteiger charge is -2.26. The third-order valence-corrected chi connectivity index (χ3v) is 4.04. The van der Waals surface area contributed by atoms with Crippen molar-refractivity contribution in [3.8, 4) is 0 Å². The van der Waals surface area contributed by atoms with Gasteiger partial charge in [-0.2, -0.15) is 0 Å². The predicted molar refractivity (Wildman–Crippen MR) is 100 cm³/mol. The molecule has 7 heteroatoms. The molecule has 22 heavy (non-hydrogen) atoms. The normalized spacial score (nSPS) is 23.1. The zero-order chi connectivity index (χ0) is 14.8. The number of guanidine groups is 1. The lowest BCUT2D eigenvalue weighted by atomic mass is 10.2. The fourth-order valence-corrected chi connectivity index (χ4v) is 2.73. The van der Waals surface area contributed by atoms with Gasteiger partial charge in [0.15, 0.2) is 5.96 Å². The topological polar surface area (TPSA) is 58.1 Å². The Morgan fingerprint density at radius 2 is 2.00 bits per heavy atom. The van der Waals surface area contributed by atoms with Gasteiger partial charge in [-0.05, 0) is 32.2 Å². The predicted octanol–water partition coefficient (Wildman–Crippen LogP) is 1.06. The van der Waals surface area contributed by atoms with Crippen LogP contribution < -0.4 is 10.6 Å². The van der Waals surface area contributed by atoms with Gasteiger partial charge in [-0.15, -0.1) is 24.0 Å². The van der Waals surface area contributed by atoms with Crippen LogP contribution in [0.2, 0.25) is 0 Å². The van der Waals surface area contributed by atoms with Crippen LogP contribution >= 0.6 is 24.0 Å². The smallest absolute Gasteiger partial charge is 0.191 e. The van der Waals surface area contributed by atoms with E-state index in [1.807, 2.05) is 7.05 Å². The lowest BCUT2D eigenvalue weighted by molar-refractivity contribution is 0.0372. The molecule has 0 saturated carbocycles. The van der Waals surface area contributed by atoms with Crippen LogP contribution in [0, 0.1) is 0 Å². The number of unbranched alkanes of at least 4 members (excludes halogenated alkanes) is 1. The van der Waals surface area contributed by atoms with Gasteiger partial charge in [-0.25, -0.2) is 0 Å². The number of rotatable bonds is 7. The van der Waals surface area contributed by atoms with Gasteiger partial charge < -0.3 is 20.1 Å². The minimum Gasteiger partial charge on any atom is -0.379 e. The highest BCUT2D eigenvalue weighted by Crippen LogP contribution is 2.10. The van der Waals surface area contributed by atoms with Gasteiger partial charge >= 0.3 is 0 Å². The van der Waals surface area contributed by atoms with Crippen molar-refractivity contribution in [2.75, 3.05) is 59.6 Å². The second-order valence-electron chi connectivity index (χ2n) is 5.68. The highest BCUT2D eigenvalue weighted by atomic mass is 127. The molecule has 6 nitrogen and oxygen atoms in total. The molecule has 0 radical (unpaired) electrons. The van der Waals surface area contributed by atoms with E-state index in [2.05, 4.69) is 20.5 Å². The molecular formula is C15H31IN4O2. The molecule has 0 aromatic rings. The molecular weight excluding hydrogens is 395 g/mol. The standard InChI is InChI=1S/C15H30N4O2.HI/c1-16-15(18-13-14-5-4-10-21-14)17-6-2-3-7-19-8-11-20-12-9-19;/h14H,2-13H2,1H3,(H2,16,17,18);1H. The van der Waals surface area contributed by atoms with Crippen molar-refractivity contribution < 1.29 is 9.47 Å². The number of halogens is 1. The third kappa shape index (κ3) is 7.94. The van der Waals surface area contributed by atoms with Crippen molar-refractivity contribution in [3.05, 3.63) is 0 Å². The van der Waals surface area contributed by atoms with Crippen molar-refractivity contribution in [1.29, 1.82) is 0 Å². The molecule has 0 aliphatic carbocycles. The zero-order valence-electron chi connectivity index (χ0n) is 13.7. The number of nitrogens with zero attached hydrogens (tertiary/aromatic N) is 2. The summed E-state index contributed by atoms with van der Waals surface area (Å²) < 4.78 is 11.0. The Kier molecular flexibility index (Phi) is 11.2. The maximum Gasteiger partial charge on any atom is 0.191 e. The molecule has 1 unspecified atom stereocenters. The largest absolute Gasteiger partial charge is 0.379 e. The fourth-order valence-electron chi connectivity index (χ4n) is 2.73. The van der Waals surface area contributed by atoms with Crippen LogP contribution in [0.4, 0.5) is 0 Å². The summed E-state index contributed by atoms with van der Waals surface area (Å²) >= 11 is 0. The van der Waals surface area contributed by atoms with Crippen LogP contribution in [-0.2, 0) is 9.47 Å². The summed E-state index contributed by atoms with van der Waals surface area (Å²) in [6.45, 7) is 7.84. The second kappa shape index (κ2) is 12.3. The van der Waals surface area contributed by atoms with Gasteiger partial charge in [0, 0.05) is 39.8 Å². The lowest BCUT2D eigenvalue weighted by Crippen LogP contribution is -2.41. The maximum atomic E-state index is 5.60. The molecule has 2 heterocycles. The van der Waals surface area contributed by atoms with Crippen LogP contribution in [0.15, 0.2) is 4.99 Å². The molecule has 2 aliphatic heterocycles. The van der Waals surface area contributed by atoms with Crippen LogP contribution in [0.3, 0.4) is 0 Å². The van der Waals surface area contributed by atoms with E-state index >= 15 is 0 Å². The fraction of sp³-hybridized carbons (Fsp3) is 0.933. The van der Waals surface area contributed by atoms with Gasteiger partial charge in [0.1, 0.15) is 0 Å². The van der Waals surface area contributed by atoms with E-state index in [9.17, 15) is 0 Å². The van der Waals surface area contributed by atoms with E-state index in [1.54, 1.807) is 0 Å². The van der Waals surface area contributed by atoms with E-state index in [1.165, 1.54) is 19.4 Å². The Morgan fingerprint density at radius 3 is 2.68 bits per heavy atom. The first-order chi connectivity index (χ1) is 10.4. The molecule has 130 valence electrons. The Bertz CT molecular complexity index is 306. The zero-order valence-corrected chi connectivity index (χ0v) is 16.0. The number of aliphatic imine (C=N–C) groups is 1. The average molecular weight is 426 g/mol. The number of ether oxygens (including phenoxy) is 2. The molecule has 2 saturated heterocycles. The third-order valence-electron chi connectivity index (χ3n) is 4.04. The summed E-state index contributed by atoms with van der Waals surface area (Å²) in [5.41, 5.74) is 0. The highest BCUT2D eigenvalue weighted by molar-refractivity contribution is 14.0. The van der Waals surface area contributed by atoms with Crippen LogP contribution in [-0.4, -0.2) is 76.6 Å². The average Bonchev–Trinajstić information content (AvgIpc) is 3.04. The molecule has 0 bridgehead atoms. The molecule has 2 aliphatic rings. The minimum absolute atomic E-state index is 0. The molecule has 2 N–H and O–H groups in total. The monoisotopic (exact) mass is 426 g/mol. The first kappa shape index (κ1) is 19.9. The van der Waals surface area contributed by atoms with Crippen molar-refractivity contribution in [2.24, 2.45) is 4.99 Å². The Labute approximate surface area is 151 Å². The summed E-state index contributed by atoms with van der Waals surface area (Å²) in [5, 5.41) is 6.71. The van der Waals surface area contributed by atoms with Gasteiger partial charge in [-0.3, -0.25) is 9.89 Å². The first-order valence-corrected chi connectivity index (χ1v) is 8.24. The molecule has 2 rings (SSSR count). The first-order valence-electron chi connectivity index (χ1n) is 8.24. The minimum atomic E-state index is 0. The van der Waals surface area contributed by atoms with E-state index in [4.69, 9.17) is 9.47 Å². The van der Waals surface area contributed by atoms with E-state index in [0.717, 1.165) is 64.8 Å². The van der Waals surface area contributed by atoms with E-state index < -0.39 is 0 Å². The molecule has 0 spiro atoms. The number of hydrogen-bond acceptors (Lipinski definition) is 4. The van der Waals surface area contributed by atoms with Crippen molar-refractivity contribution >= 4 is 29.9 Å². The Balaban J connectivity index is 0.00000242. The van der Waals surface area contributed by atoms with Crippen molar-refractivity contribution in [2.45, 2.75) is 31.8 Å². The number of hydrogen-bond donors (Lipinski definition) is 2. The maximum absolute atomic E-state index is 5.60. The highest BCUT2D eigenvalue weighted by Gasteiger charge is 2.15. The molecule has 1 atom stereocenters. The van der Waals surface area contributed by atoms with Crippen molar-refractivity contribution in [1.82, 2.24) is 15.5 Å². The van der Waals surface area contributed by atoms with Gasteiger partial charge in [0.25, 0.3) is 0 Å². The summed E-state index contributed by atoms with van der Waals surface area (Å²) in [6.07, 6.45) is 5.07. The summed E-state index contributed by atoms with van der Waals surface area (Å²) in [5.74, 6) is 0.886. The SMILES string of the molecule is CN=C(NCCCCN1CCOCC1)NCC1CCCO1.I. The van der Waals surface area contributed by atoms with Crippen molar-refractivity contribution in [3.63, 3.8) is 0 Å². The van der Waals surface area contributed by atoms with Gasteiger partial charge in [-0.1, -0.05) is 0 Å². The van der Waals surface area contributed by atoms with Gasteiger partial charge in [0.05, 0.1) is 19.3 Å². The van der Waals surface area contributed by atoms with Crippen LogP contribution in [0.1, 0.15) is 25.7 Å². The van der Waals surface area contributed by atoms with Crippen LogP contribution in [0.5, 0.6) is 0 Å². The molecule has 0 amide bonds. The summed E-state index contributed by atoms with van der Waals surface area (Å²) in [6, 6.07) is 0. The van der Waals surface area contributed by atoms with Crippen LogP contribution in [0.25, 0.3) is 0 Å². The number of nitrogens with one attached hydrogen (secondary N) is 2. The molecule has 2 fully saturated rings. The number of morpholine rings is 1. The quantitative estimate of drug-likeness (QED) is 0.276. The summed E-state index contributed by atoms with van der Waals surface area (Å²) in [4.78, 5) is 6.73. The summed E-state index contributed by atoms with van der Waals surface area (Å²) in [7, 11) is 1.82. The Hall–Kier alpha value is -0.120. The van der Waals surface area contributed by atoms with Gasteiger partial charge in [0.2, 0.25) is 0 Å². The Morgan fingerprint density at radius 1 is 1.18 bits per heavy atom.